The number of hydrogen-bond donors (Lipinski definition) is 1. The van der Waals surface area contributed by atoms with Crippen LogP contribution in [-0.2, 0) is 6.18 Å². The van der Waals surface area contributed by atoms with Gasteiger partial charge in [-0.05, 0) is 47.7 Å². The third kappa shape index (κ3) is 3.37. The maximum Gasteiger partial charge on any atom is 0.433 e. The number of para-hydroxylation sites is 1. The van der Waals surface area contributed by atoms with E-state index in [4.69, 9.17) is 0 Å². The van der Waals surface area contributed by atoms with Crippen molar-refractivity contribution in [1.29, 1.82) is 0 Å². The number of alkyl halides is 3. The van der Waals surface area contributed by atoms with Crippen molar-refractivity contribution in [2.24, 2.45) is 0 Å². The SMILES string of the molecule is Cc1nc(C(F)(F)F)cc(Nc2ccccc2)c1I. The van der Waals surface area contributed by atoms with Gasteiger partial charge >= 0.3 is 6.18 Å². The van der Waals surface area contributed by atoms with E-state index in [-0.39, 0.29) is 0 Å². The Labute approximate surface area is 122 Å². The van der Waals surface area contributed by atoms with Crippen LogP contribution in [0.1, 0.15) is 11.4 Å². The predicted molar refractivity (Wildman–Crippen MR) is 76.4 cm³/mol. The number of anilines is 2. The fourth-order valence-electron chi connectivity index (χ4n) is 1.57. The Morgan fingerprint density at radius 2 is 1.79 bits per heavy atom. The molecule has 0 radical (unpaired) electrons. The smallest absolute Gasteiger partial charge is 0.355 e. The van der Waals surface area contributed by atoms with E-state index < -0.39 is 11.9 Å². The van der Waals surface area contributed by atoms with Crippen LogP contribution < -0.4 is 5.32 Å². The standard InChI is InChI=1S/C13H10F3IN2/c1-8-12(17)10(7-11(18-8)13(14,15)16)19-9-5-3-2-4-6-9/h2-7H,1H3,(H,18,19). The van der Waals surface area contributed by atoms with Crippen molar-refractivity contribution in [2.75, 3.05) is 5.32 Å². The summed E-state index contributed by atoms with van der Waals surface area (Å²) in [4.78, 5) is 3.57. The van der Waals surface area contributed by atoms with Gasteiger partial charge in [0.1, 0.15) is 5.69 Å². The van der Waals surface area contributed by atoms with Gasteiger partial charge in [-0.15, -0.1) is 0 Å². The summed E-state index contributed by atoms with van der Waals surface area (Å²) in [5, 5.41) is 2.98. The second-order valence-corrected chi connectivity index (χ2v) is 5.02. The van der Waals surface area contributed by atoms with Crippen molar-refractivity contribution in [1.82, 2.24) is 4.98 Å². The van der Waals surface area contributed by atoms with E-state index in [9.17, 15) is 13.2 Å². The predicted octanol–water partition coefficient (Wildman–Crippen LogP) is 4.76. The number of aryl methyl sites for hydroxylation is 1. The van der Waals surface area contributed by atoms with E-state index in [1.165, 1.54) is 0 Å². The quantitative estimate of drug-likeness (QED) is 0.763. The van der Waals surface area contributed by atoms with Gasteiger partial charge in [-0.25, -0.2) is 4.98 Å². The second kappa shape index (κ2) is 5.36. The maximum atomic E-state index is 12.7. The van der Waals surface area contributed by atoms with Crippen molar-refractivity contribution in [3.63, 3.8) is 0 Å². The van der Waals surface area contributed by atoms with Crippen molar-refractivity contribution in [3.05, 3.63) is 51.4 Å². The van der Waals surface area contributed by atoms with E-state index in [2.05, 4.69) is 10.3 Å². The normalized spacial score (nSPS) is 11.4. The first-order valence-electron chi connectivity index (χ1n) is 5.44. The molecule has 1 aromatic carbocycles. The Kier molecular flexibility index (Phi) is 3.98. The van der Waals surface area contributed by atoms with E-state index in [0.29, 0.717) is 15.0 Å². The van der Waals surface area contributed by atoms with Crippen LogP contribution in [-0.4, -0.2) is 4.98 Å². The Morgan fingerprint density at radius 3 is 2.37 bits per heavy atom. The number of nitrogens with zero attached hydrogens (tertiary/aromatic N) is 1. The van der Waals surface area contributed by atoms with Crippen molar-refractivity contribution in [2.45, 2.75) is 13.1 Å². The Morgan fingerprint density at radius 1 is 1.16 bits per heavy atom. The minimum Gasteiger partial charge on any atom is -0.355 e. The molecule has 0 aliphatic heterocycles. The molecule has 0 fully saturated rings. The number of nitrogens with one attached hydrogen (secondary N) is 1. The summed E-state index contributed by atoms with van der Waals surface area (Å²) in [5.41, 5.74) is 0.614. The van der Waals surface area contributed by atoms with Gasteiger partial charge in [0.05, 0.1) is 15.0 Å². The van der Waals surface area contributed by atoms with Gasteiger partial charge in [0.2, 0.25) is 0 Å². The zero-order chi connectivity index (χ0) is 14.0. The molecule has 0 saturated carbocycles. The first-order valence-corrected chi connectivity index (χ1v) is 6.52. The molecule has 1 aromatic heterocycles. The molecule has 0 amide bonds. The average Bonchev–Trinajstić information content (AvgIpc) is 2.34. The Hall–Kier alpha value is -1.31. The van der Waals surface area contributed by atoms with Gasteiger partial charge in [0, 0.05) is 5.69 Å². The highest BCUT2D eigenvalue weighted by atomic mass is 127. The number of rotatable bonds is 2. The van der Waals surface area contributed by atoms with Gasteiger partial charge in [0.25, 0.3) is 0 Å². The fourth-order valence-corrected chi connectivity index (χ4v) is 1.98. The molecular weight excluding hydrogens is 368 g/mol. The van der Waals surface area contributed by atoms with Gasteiger partial charge in [-0.3, -0.25) is 0 Å². The van der Waals surface area contributed by atoms with Crippen LogP contribution in [0.2, 0.25) is 0 Å². The number of hydrogen-bond acceptors (Lipinski definition) is 2. The molecular formula is C13H10F3IN2. The van der Waals surface area contributed by atoms with Crippen LogP contribution in [0.3, 0.4) is 0 Å². The van der Waals surface area contributed by atoms with Gasteiger partial charge in [-0.2, -0.15) is 13.2 Å². The van der Waals surface area contributed by atoms with Crippen LogP contribution >= 0.6 is 22.6 Å². The summed E-state index contributed by atoms with van der Waals surface area (Å²) < 4.78 is 38.9. The molecule has 19 heavy (non-hydrogen) atoms. The van der Waals surface area contributed by atoms with Crippen LogP contribution in [0.5, 0.6) is 0 Å². The minimum atomic E-state index is -4.44. The molecule has 1 N–H and O–H groups in total. The first-order chi connectivity index (χ1) is 8.88. The van der Waals surface area contributed by atoms with Gasteiger partial charge in [0.15, 0.2) is 0 Å². The first kappa shape index (κ1) is 14.1. The molecule has 1 heterocycles. The number of pyridine rings is 1. The molecule has 2 nitrogen and oxygen atoms in total. The molecule has 0 saturated heterocycles. The molecule has 2 aromatic rings. The van der Waals surface area contributed by atoms with Crippen LogP contribution in [0, 0.1) is 10.5 Å². The number of benzene rings is 1. The second-order valence-electron chi connectivity index (χ2n) is 3.94. The lowest BCUT2D eigenvalue weighted by Gasteiger charge is -2.14. The number of aromatic nitrogens is 1. The highest BCUT2D eigenvalue weighted by Crippen LogP contribution is 2.33. The summed E-state index contributed by atoms with van der Waals surface area (Å²) in [7, 11) is 0. The molecule has 6 heteroatoms. The lowest BCUT2D eigenvalue weighted by molar-refractivity contribution is -0.141. The minimum absolute atomic E-state index is 0.355. The summed E-state index contributed by atoms with van der Waals surface area (Å²) in [5.74, 6) is 0. The molecule has 0 spiro atoms. The Bertz CT molecular complexity index is 582. The molecule has 0 bridgehead atoms. The maximum absolute atomic E-state index is 12.7. The highest BCUT2D eigenvalue weighted by molar-refractivity contribution is 14.1. The molecule has 0 atom stereocenters. The van der Waals surface area contributed by atoms with E-state index >= 15 is 0 Å². The zero-order valence-corrected chi connectivity index (χ0v) is 12.1. The molecule has 0 unspecified atom stereocenters. The molecule has 0 aliphatic carbocycles. The molecule has 100 valence electrons. The van der Waals surface area contributed by atoms with Crippen LogP contribution in [0.15, 0.2) is 36.4 Å². The average molecular weight is 378 g/mol. The summed E-state index contributed by atoms with van der Waals surface area (Å²) in [6.45, 7) is 1.56. The van der Waals surface area contributed by atoms with Gasteiger partial charge < -0.3 is 5.32 Å². The summed E-state index contributed by atoms with van der Waals surface area (Å²) >= 11 is 1.98. The lowest BCUT2D eigenvalue weighted by atomic mass is 10.2. The van der Waals surface area contributed by atoms with Crippen LogP contribution in [0.25, 0.3) is 0 Å². The van der Waals surface area contributed by atoms with Crippen molar-refractivity contribution >= 4 is 34.0 Å². The zero-order valence-electron chi connectivity index (χ0n) is 9.92. The monoisotopic (exact) mass is 378 g/mol. The largest absolute Gasteiger partial charge is 0.433 e. The van der Waals surface area contributed by atoms with E-state index in [1.807, 2.05) is 40.8 Å². The lowest BCUT2D eigenvalue weighted by Crippen LogP contribution is -2.11. The molecule has 2 rings (SSSR count). The van der Waals surface area contributed by atoms with Crippen molar-refractivity contribution < 1.29 is 13.2 Å². The van der Waals surface area contributed by atoms with E-state index in [0.717, 1.165) is 11.8 Å². The van der Waals surface area contributed by atoms with Crippen LogP contribution in [0.4, 0.5) is 24.5 Å². The van der Waals surface area contributed by atoms with E-state index in [1.54, 1.807) is 19.1 Å². The van der Waals surface area contributed by atoms with Gasteiger partial charge in [-0.1, -0.05) is 18.2 Å². The molecule has 0 aliphatic rings. The Balaban J connectivity index is 2.42. The fraction of sp³-hybridized carbons (Fsp3) is 0.154. The third-order valence-corrected chi connectivity index (χ3v) is 3.83. The summed E-state index contributed by atoms with van der Waals surface area (Å²) in [6, 6.07) is 10.1. The summed E-state index contributed by atoms with van der Waals surface area (Å²) in [6.07, 6.45) is -4.44. The van der Waals surface area contributed by atoms with Crippen molar-refractivity contribution in [3.8, 4) is 0 Å². The highest BCUT2D eigenvalue weighted by Gasteiger charge is 2.33. The third-order valence-electron chi connectivity index (χ3n) is 2.47. The number of halogens is 4. The topological polar surface area (TPSA) is 24.9 Å².